The molecular weight excluding hydrogens is 351 g/mol. The van der Waals surface area contributed by atoms with Gasteiger partial charge in [-0.2, -0.15) is 0 Å². The Hall–Kier alpha value is -0.950. The van der Waals surface area contributed by atoms with E-state index in [4.69, 9.17) is 9.63 Å². The van der Waals surface area contributed by atoms with Gasteiger partial charge in [-0.25, -0.2) is 9.36 Å². The van der Waals surface area contributed by atoms with Gasteiger partial charge in [0.25, 0.3) is 0 Å². The monoisotopic (exact) mass is 382 g/mol. The molecule has 0 aliphatic heterocycles. The summed E-state index contributed by atoms with van der Waals surface area (Å²) in [6.45, 7) is 8.43. The number of carbonyl (C=O) groups is 2. The maximum Gasteiger partial charge on any atom is 0.508 e. The number of carbonyl (C=O) groups excluding carboxylic acids is 1. The summed E-state index contributed by atoms with van der Waals surface area (Å²) in [5.41, 5.74) is -1.68. The number of unbranched alkanes of at least 4 members (excludes halogenated alkanes) is 2. The predicted molar refractivity (Wildman–Crippen MR) is 91.5 cm³/mol. The highest BCUT2D eigenvalue weighted by atomic mass is 31.2. The summed E-state index contributed by atoms with van der Waals surface area (Å²) in [5, 5.41) is 8.98. The second-order valence-electron chi connectivity index (χ2n) is 7.38. The molecule has 0 heterocycles. The van der Waals surface area contributed by atoms with Crippen molar-refractivity contribution in [3.8, 4) is 0 Å². The zero-order valence-electron chi connectivity index (χ0n) is 15.7. The third-order valence-electron chi connectivity index (χ3n) is 3.94. The average Bonchev–Trinajstić information content (AvgIpc) is 2.50. The van der Waals surface area contributed by atoms with E-state index in [2.05, 4.69) is 9.56 Å². The minimum atomic E-state index is -4.50. The third kappa shape index (κ3) is 9.94. The molecule has 0 aromatic carbocycles. The largest absolute Gasteiger partial charge is 0.508 e. The molecule has 0 rings (SSSR count). The molecule has 0 saturated carbocycles. The molecular formula is C16H31O8P. The van der Waals surface area contributed by atoms with E-state index in [1.807, 2.05) is 6.92 Å². The molecule has 0 radical (unpaired) electrons. The van der Waals surface area contributed by atoms with Gasteiger partial charge in [0.15, 0.2) is 0 Å². The smallest absolute Gasteiger partial charge is 0.481 e. The van der Waals surface area contributed by atoms with Crippen LogP contribution in [0.15, 0.2) is 0 Å². The number of hydrogen-bond donors (Lipinski definition) is 2. The van der Waals surface area contributed by atoms with Crippen molar-refractivity contribution in [2.45, 2.75) is 73.1 Å². The zero-order chi connectivity index (χ0) is 19.7. The van der Waals surface area contributed by atoms with E-state index in [-0.39, 0.29) is 6.61 Å². The molecule has 0 bridgehead atoms. The Labute approximate surface area is 149 Å². The average molecular weight is 382 g/mol. The summed E-state index contributed by atoms with van der Waals surface area (Å²) in [6.07, 6.45) is 3.59. The number of carboxylic acids is 1. The van der Waals surface area contributed by atoms with Crippen LogP contribution in [0.25, 0.3) is 0 Å². The van der Waals surface area contributed by atoms with E-state index in [0.717, 1.165) is 12.8 Å². The molecule has 0 amide bonds. The van der Waals surface area contributed by atoms with E-state index in [9.17, 15) is 19.0 Å². The zero-order valence-corrected chi connectivity index (χ0v) is 16.6. The quantitative estimate of drug-likeness (QED) is 0.212. The highest BCUT2D eigenvalue weighted by Gasteiger charge is 2.33. The standard InChI is InChI=1S/C16H31O8P/c1-6-7-10-16(4,5)14(19)23-24-25(20,21)22-12-9-8-11-15(2,3)13(17)18/h6-12H2,1-5H3,(H,17,18)(H,20,21). The topological polar surface area (TPSA) is 119 Å². The molecule has 8 nitrogen and oxygen atoms in total. The van der Waals surface area contributed by atoms with Crippen molar-refractivity contribution < 1.29 is 38.2 Å². The fourth-order valence-electron chi connectivity index (χ4n) is 1.89. The van der Waals surface area contributed by atoms with Gasteiger partial charge in [0, 0.05) is 0 Å². The van der Waals surface area contributed by atoms with Gasteiger partial charge in [-0.3, -0.25) is 14.2 Å². The Morgan fingerprint density at radius 3 is 2.08 bits per heavy atom. The van der Waals surface area contributed by atoms with Gasteiger partial charge in [-0.1, -0.05) is 30.9 Å². The van der Waals surface area contributed by atoms with E-state index < -0.39 is 30.6 Å². The highest BCUT2D eigenvalue weighted by molar-refractivity contribution is 7.47. The number of phosphoric acid groups is 1. The lowest BCUT2D eigenvalue weighted by Gasteiger charge is -2.21. The molecule has 0 spiro atoms. The first-order valence-electron chi connectivity index (χ1n) is 8.45. The Balaban J connectivity index is 4.15. The second kappa shape index (κ2) is 10.3. The van der Waals surface area contributed by atoms with Crippen LogP contribution in [0.1, 0.15) is 73.1 Å². The van der Waals surface area contributed by atoms with Crippen molar-refractivity contribution in [1.82, 2.24) is 0 Å². The molecule has 0 aromatic heterocycles. The van der Waals surface area contributed by atoms with Gasteiger partial charge in [0.2, 0.25) is 0 Å². The Bertz CT molecular complexity index is 487. The highest BCUT2D eigenvalue weighted by Crippen LogP contribution is 2.44. The SMILES string of the molecule is CCCCC(C)(C)C(=O)OOP(=O)(O)OCCCCC(C)(C)C(=O)O. The fraction of sp³-hybridized carbons (Fsp3) is 0.875. The molecule has 0 aliphatic carbocycles. The lowest BCUT2D eigenvalue weighted by molar-refractivity contribution is -0.233. The van der Waals surface area contributed by atoms with Crippen molar-refractivity contribution >= 4 is 19.8 Å². The number of rotatable bonds is 13. The second-order valence-corrected chi connectivity index (χ2v) is 8.73. The van der Waals surface area contributed by atoms with Gasteiger partial charge >= 0.3 is 19.8 Å². The van der Waals surface area contributed by atoms with Crippen molar-refractivity contribution in [3.05, 3.63) is 0 Å². The molecule has 0 aromatic rings. The Kier molecular flexibility index (Phi) is 9.87. The summed E-state index contributed by atoms with van der Waals surface area (Å²) >= 11 is 0. The van der Waals surface area contributed by atoms with E-state index >= 15 is 0 Å². The first kappa shape index (κ1) is 24.1. The normalized spacial score (nSPS) is 14.8. The van der Waals surface area contributed by atoms with Crippen LogP contribution in [0.3, 0.4) is 0 Å². The van der Waals surface area contributed by atoms with Gasteiger partial charge < -0.3 is 10.00 Å². The van der Waals surface area contributed by atoms with Crippen LogP contribution in [-0.2, 0) is 28.2 Å². The van der Waals surface area contributed by atoms with Crippen LogP contribution in [0.4, 0.5) is 0 Å². The van der Waals surface area contributed by atoms with Gasteiger partial charge in [0.05, 0.1) is 17.4 Å². The number of hydrogen-bond acceptors (Lipinski definition) is 6. The maximum absolute atomic E-state index is 11.9. The minimum absolute atomic E-state index is 0.111. The number of carboxylic acid groups (broad SMARTS) is 1. The molecule has 9 heteroatoms. The molecule has 0 fully saturated rings. The molecule has 0 aliphatic rings. The van der Waals surface area contributed by atoms with Crippen LogP contribution >= 0.6 is 7.82 Å². The molecule has 1 unspecified atom stereocenters. The van der Waals surface area contributed by atoms with E-state index in [1.165, 1.54) is 0 Å². The van der Waals surface area contributed by atoms with Crippen molar-refractivity contribution in [2.24, 2.45) is 10.8 Å². The summed E-state index contributed by atoms with van der Waals surface area (Å²) < 4.78 is 20.7. The Morgan fingerprint density at radius 1 is 1.00 bits per heavy atom. The first-order chi connectivity index (χ1) is 11.3. The van der Waals surface area contributed by atoms with Gasteiger partial charge in [-0.15, -0.1) is 0 Å². The number of aliphatic carboxylic acids is 1. The molecule has 2 N–H and O–H groups in total. The first-order valence-corrected chi connectivity index (χ1v) is 9.95. The number of phosphoric ester groups is 1. The molecule has 25 heavy (non-hydrogen) atoms. The van der Waals surface area contributed by atoms with E-state index in [0.29, 0.717) is 25.7 Å². The Morgan fingerprint density at radius 2 is 1.56 bits per heavy atom. The molecule has 148 valence electrons. The summed E-state index contributed by atoms with van der Waals surface area (Å²) in [5.74, 6) is -1.63. The minimum Gasteiger partial charge on any atom is -0.481 e. The summed E-state index contributed by atoms with van der Waals surface area (Å²) in [4.78, 5) is 36.8. The van der Waals surface area contributed by atoms with Crippen LogP contribution in [0.2, 0.25) is 0 Å². The van der Waals surface area contributed by atoms with Crippen molar-refractivity contribution in [3.63, 3.8) is 0 Å². The maximum atomic E-state index is 11.9. The van der Waals surface area contributed by atoms with Crippen molar-refractivity contribution in [1.29, 1.82) is 0 Å². The molecule has 1 atom stereocenters. The predicted octanol–water partition coefficient (Wildman–Crippen LogP) is 4.08. The lowest BCUT2D eigenvalue weighted by Crippen LogP contribution is -2.26. The van der Waals surface area contributed by atoms with Crippen molar-refractivity contribution in [2.75, 3.05) is 6.61 Å². The summed E-state index contributed by atoms with van der Waals surface area (Å²) in [6, 6.07) is 0. The van der Waals surface area contributed by atoms with Crippen LogP contribution < -0.4 is 0 Å². The van der Waals surface area contributed by atoms with Crippen LogP contribution in [0.5, 0.6) is 0 Å². The third-order valence-corrected chi connectivity index (χ3v) is 4.72. The lowest BCUT2D eigenvalue weighted by atomic mass is 9.87. The fourth-order valence-corrected chi connectivity index (χ4v) is 2.46. The summed E-state index contributed by atoms with van der Waals surface area (Å²) in [7, 11) is -4.50. The van der Waals surface area contributed by atoms with Crippen LogP contribution in [0, 0.1) is 10.8 Å². The van der Waals surface area contributed by atoms with Gasteiger partial charge in [0.1, 0.15) is 0 Å². The molecule has 0 saturated heterocycles. The van der Waals surface area contributed by atoms with Gasteiger partial charge in [-0.05, 0) is 47.0 Å². The van der Waals surface area contributed by atoms with E-state index in [1.54, 1.807) is 27.7 Å². The van der Waals surface area contributed by atoms with Crippen LogP contribution in [-0.4, -0.2) is 28.5 Å².